The van der Waals surface area contributed by atoms with Gasteiger partial charge in [0.1, 0.15) is 0 Å². The van der Waals surface area contributed by atoms with E-state index in [0.29, 0.717) is 13.0 Å². The van der Waals surface area contributed by atoms with Crippen LogP contribution < -0.4 is 0 Å². The summed E-state index contributed by atoms with van der Waals surface area (Å²) in [7, 11) is 0. The van der Waals surface area contributed by atoms with Crippen molar-refractivity contribution in [3.05, 3.63) is 11.1 Å². The first-order chi connectivity index (χ1) is 6.29. The molecule has 0 saturated heterocycles. The van der Waals surface area contributed by atoms with Crippen LogP contribution in [0.2, 0.25) is 0 Å². The van der Waals surface area contributed by atoms with E-state index in [9.17, 15) is 4.79 Å². The summed E-state index contributed by atoms with van der Waals surface area (Å²) < 4.78 is 4.90. The van der Waals surface area contributed by atoms with Crippen molar-refractivity contribution in [2.24, 2.45) is 0 Å². The van der Waals surface area contributed by atoms with Gasteiger partial charge in [0.05, 0.1) is 19.1 Å². The second kappa shape index (κ2) is 4.66. The second-order valence-corrected chi connectivity index (χ2v) is 2.99. The standard InChI is InChI=1S/C10H13NO2/c1-2-13-10(12)9-5-3-4-8(9)6-7-11/h2-6H2,1H3. The summed E-state index contributed by atoms with van der Waals surface area (Å²) in [5.74, 6) is -0.231. The van der Waals surface area contributed by atoms with Gasteiger partial charge in [-0.3, -0.25) is 0 Å². The summed E-state index contributed by atoms with van der Waals surface area (Å²) in [4.78, 5) is 11.3. The van der Waals surface area contributed by atoms with Gasteiger partial charge >= 0.3 is 5.97 Å². The number of nitrogens with zero attached hydrogens (tertiary/aromatic N) is 1. The average Bonchev–Trinajstić information content (AvgIpc) is 2.54. The zero-order valence-electron chi connectivity index (χ0n) is 7.80. The molecule has 0 N–H and O–H groups in total. The molecular formula is C10H13NO2. The Morgan fingerprint density at radius 2 is 2.38 bits per heavy atom. The van der Waals surface area contributed by atoms with Crippen LogP contribution in [0.15, 0.2) is 11.1 Å². The van der Waals surface area contributed by atoms with Gasteiger partial charge in [-0.2, -0.15) is 5.26 Å². The Hall–Kier alpha value is -1.30. The Bertz CT molecular complexity index is 273. The normalized spacial score (nSPS) is 15.7. The fraction of sp³-hybridized carbons (Fsp3) is 0.600. The third kappa shape index (κ3) is 2.32. The second-order valence-electron chi connectivity index (χ2n) is 2.99. The van der Waals surface area contributed by atoms with Crippen LogP contribution in [0.4, 0.5) is 0 Å². The van der Waals surface area contributed by atoms with Gasteiger partial charge in [0, 0.05) is 5.57 Å². The zero-order valence-corrected chi connectivity index (χ0v) is 7.80. The number of carbonyl (C=O) groups excluding carboxylic acids is 1. The van der Waals surface area contributed by atoms with Gasteiger partial charge in [-0.1, -0.05) is 0 Å². The van der Waals surface area contributed by atoms with Crippen molar-refractivity contribution in [3.8, 4) is 6.07 Å². The topological polar surface area (TPSA) is 50.1 Å². The number of allylic oxidation sites excluding steroid dienone is 1. The monoisotopic (exact) mass is 179 g/mol. The smallest absolute Gasteiger partial charge is 0.333 e. The lowest BCUT2D eigenvalue weighted by Crippen LogP contribution is -2.07. The Kier molecular flexibility index (Phi) is 3.51. The molecular weight excluding hydrogens is 166 g/mol. The first-order valence-electron chi connectivity index (χ1n) is 4.54. The van der Waals surface area contributed by atoms with E-state index < -0.39 is 0 Å². The summed E-state index contributed by atoms with van der Waals surface area (Å²) in [6.45, 7) is 2.19. The Morgan fingerprint density at radius 3 is 3.00 bits per heavy atom. The lowest BCUT2D eigenvalue weighted by molar-refractivity contribution is -0.138. The molecule has 1 aliphatic carbocycles. The largest absolute Gasteiger partial charge is 0.463 e. The van der Waals surface area contributed by atoms with E-state index >= 15 is 0 Å². The third-order valence-corrected chi connectivity index (χ3v) is 2.15. The van der Waals surface area contributed by atoms with Gasteiger partial charge in [0.25, 0.3) is 0 Å². The summed E-state index contributed by atoms with van der Waals surface area (Å²) in [6, 6.07) is 2.07. The van der Waals surface area contributed by atoms with E-state index in [1.807, 2.05) is 0 Å². The van der Waals surface area contributed by atoms with Crippen molar-refractivity contribution in [1.82, 2.24) is 0 Å². The van der Waals surface area contributed by atoms with Gasteiger partial charge < -0.3 is 4.74 Å². The molecule has 70 valence electrons. The van der Waals surface area contributed by atoms with Crippen molar-refractivity contribution in [1.29, 1.82) is 5.26 Å². The number of carbonyl (C=O) groups is 1. The van der Waals surface area contributed by atoms with E-state index in [4.69, 9.17) is 10.00 Å². The molecule has 13 heavy (non-hydrogen) atoms. The van der Waals surface area contributed by atoms with E-state index in [1.54, 1.807) is 6.92 Å². The van der Waals surface area contributed by atoms with Crippen LogP contribution >= 0.6 is 0 Å². The average molecular weight is 179 g/mol. The Morgan fingerprint density at radius 1 is 1.62 bits per heavy atom. The SMILES string of the molecule is CCOC(=O)C1=C(CC#N)CCC1. The maximum Gasteiger partial charge on any atom is 0.333 e. The van der Waals surface area contributed by atoms with Crippen molar-refractivity contribution in [3.63, 3.8) is 0 Å². The number of nitriles is 1. The maximum atomic E-state index is 11.3. The van der Waals surface area contributed by atoms with Crippen molar-refractivity contribution in [2.45, 2.75) is 32.6 Å². The van der Waals surface area contributed by atoms with E-state index in [2.05, 4.69) is 6.07 Å². The molecule has 0 radical (unpaired) electrons. The van der Waals surface area contributed by atoms with E-state index in [0.717, 1.165) is 30.4 Å². The maximum absolute atomic E-state index is 11.3. The van der Waals surface area contributed by atoms with E-state index in [-0.39, 0.29) is 5.97 Å². The fourth-order valence-electron chi connectivity index (χ4n) is 1.56. The number of ether oxygens (including phenoxy) is 1. The molecule has 0 fully saturated rings. The first-order valence-corrected chi connectivity index (χ1v) is 4.54. The molecule has 1 rings (SSSR count). The van der Waals surface area contributed by atoms with Crippen LogP contribution in [0.25, 0.3) is 0 Å². The molecule has 0 atom stereocenters. The predicted octanol–water partition coefficient (Wildman–Crippen LogP) is 1.94. The van der Waals surface area contributed by atoms with Crippen LogP contribution in [0.5, 0.6) is 0 Å². The molecule has 1 aliphatic rings. The van der Waals surface area contributed by atoms with Crippen LogP contribution in [0.1, 0.15) is 32.6 Å². The lowest BCUT2D eigenvalue weighted by atomic mass is 10.1. The zero-order chi connectivity index (χ0) is 9.68. The molecule has 0 aromatic rings. The Balaban J connectivity index is 2.70. The van der Waals surface area contributed by atoms with Gasteiger partial charge in [-0.05, 0) is 31.8 Å². The van der Waals surface area contributed by atoms with Crippen LogP contribution in [0.3, 0.4) is 0 Å². The molecule has 3 nitrogen and oxygen atoms in total. The van der Waals surface area contributed by atoms with Crippen LogP contribution in [0, 0.1) is 11.3 Å². The summed E-state index contributed by atoms with van der Waals surface area (Å²) >= 11 is 0. The quantitative estimate of drug-likeness (QED) is 0.622. The highest BCUT2D eigenvalue weighted by atomic mass is 16.5. The number of hydrogen-bond acceptors (Lipinski definition) is 3. The van der Waals surface area contributed by atoms with Gasteiger partial charge in [-0.15, -0.1) is 0 Å². The molecule has 0 aromatic heterocycles. The molecule has 0 bridgehead atoms. The minimum atomic E-state index is -0.231. The highest BCUT2D eigenvalue weighted by Gasteiger charge is 2.21. The molecule has 0 spiro atoms. The fourth-order valence-corrected chi connectivity index (χ4v) is 1.56. The number of hydrogen-bond donors (Lipinski definition) is 0. The van der Waals surface area contributed by atoms with Gasteiger partial charge in [0.2, 0.25) is 0 Å². The van der Waals surface area contributed by atoms with Crippen LogP contribution in [-0.2, 0) is 9.53 Å². The minimum Gasteiger partial charge on any atom is -0.463 e. The number of rotatable bonds is 3. The lowest BCUT2D eigenvalue weighted by Gasteiger charge is -2.03. The first kappa shape index (κ1) is 9.79. The Labute approximate surface area is 78.0 Å². The van der Waals surface area contributed by atoms with Gasteiger partial charge in [-0.25, -0.2) is 4.79 Å². The van der Waals surface area contributed by atoms with Crippen molar-refractivity contribution >= 4 is 5.97 Å². The molecule has 0 unspecified atom stereocenters. The molecule has 0 aromatic carbocycles. The summed E-state index contributed by atoms with van der Waals surface area (Å²) in [6.07, 6.45) is 3.00. The van der Waals surface area contributed by atoms with Gasteiger partial charge in [0.15, 0.2) is 0 Å². The summed E-state index contributed by atoms with van der Waals surface area (Å²) in [5, 5.41) is 8.52. The molecule has 0 aliphatic heterocycles. The number of esters is 1. The molecule has 3 heteroatoms. The highest BCUT2D eigenvalue weighted by molar-refractivity contribution is 5.90. The van der Waals surface area contributed by atoms with E-state index in [1.165, 1.54) is 0 Å². The molecule has 0 heterocycles. The summed E-state index contributed by atoms with van der Waals surface area (Å²) in [5.41, 5.74) is 1.71. The van der Waals surface area contributed by atoms with Crippen molar-refractivity contribution in [2.75, 3.05) is 6.61 Å². The third-order valence-electron chi connectivity index (χ3n) is 2.15. The van der Waals surface area contributed by atoms with Crippen molar-refractivity contribution < 1.29 is 9.53 Å². The molecule has 0 saturated carbocycles. The van der Waals surface area contributed by atoms with Crippen LogP contribution in [-0.4, -0.2) is 12.6 Å². The minimum absolute atomic E-state index is 0.231. The highest BCUT2D eigenvalue weighted by Crippen LogP contribution is 2.28. The predicted molar refractivity (Wildman–Crippen MR) is 47.7 cm³/mol. The molecule has 0 amide bonds.